The standard InChI is InChI=1S/C29H27N5O7/c1-4-38-27-16-21(15-25(34(36)37)28(27)39-14-13-30)17-31-32-29(35)26-12-11-24(41-26)18-40-23-9-7-22(8-10-23)33-19(2)5-6-20(33)3/h5-12,15-17H,4,14,18H2,1-3H3,(H,32,35)/b31-17+. The number of nitrogens with one attached hydrogen (secondary N) is 1. The Morgan fingerprint density at radius 1 is 1.10 bits per heavy atom. The molecule has 12 heteroatoms. The fourth-order valence-electron chi connectivity index (χ4n) is 4.05. The smallest absolute Gasteiger partial charge is 0.315 e. The minimum absolute atomic E-state index is 0.0101. The molecule has 41 heavy (non-hydrogen) atoms. The Morgan fingerprint density at radius 3 is 2.49 bits per heavy atom. The van der Waals surface area contributed by atoms with Gasteiger partial charge in [0.1, 0.15) is 24.2 Å². The van der Waals surface area contributed by atoms with Gasteiger partial charge in [0.15, 0.2) is 18.1 Å². The molecule has 12 nitrogen and oxygen atoms in total. The van der Waals surface area contributed by atoms with E-state index in [4.69, 9.17) is 23.9 Å². The molecule has 0 radical (unpaired) electrons. The third-order valence-corrected chi connectivity index (χ3v) is 5.85. The van der Waals surface area contributed by atoms with Gasteiger partial charge in [0.25, 0.3) is 0 Å². The van der Waals surface area contributed by atoms with Crippen LogP contribution in [0.15, 0.2) is 70.2 Å². The van der Waals surface area contributed by atoms with E-state index >= 15 is 0 Å². The van der Waals surface area contributed by atoms with Gasteiger partial charge >= 0.3 is 11.6 Å². The van der Waals surface area contributed by atoms with E-state index in [0.29, 0.717) is 11.5 Å². The molecule has 1 N–H and O–H groups in total. The number of rotatable bonds is 12. The first-order valence-electron chi connectivity index (χ1n) is 12.6. The number of aryl methyl sites for hydroxylation is 2. The van der Waals surface area contributed by atoms with Gasteiger partial charge in [-0.25, -0.2) is 5.43 Å². The molecule has 0 fully saturated rings. The normalized spacial score (nSPS) is 10.8. The number of ether oxygens (including phenoxy) is 3. The predicted molar refractivity (Wildman–Crippen MR) is 149 cm³/mol. The SMILES string of the molecule is CCOc1cc(/C=N/NC(=O)c2ccc(COc3ccc(-n4c(C)ccc4C)cc3)o2)cc([N+](=O)[O-])c1OCC#N. The van der Waals surface area contributed by atoms with Crippen LogP contribution in [0.5, 0.6) is 17.2 Å². The molecule has 4 rings (SSSR count). The number of nitro benzene ring substituents is 1. The highest BCUT2D eigenvalue weighted by Crippen LogP contribution is 2.38. The number of nitro groups is 1. The topological polar surface area (TPSA) is 154 Å². The summed E-state index contributed by atoms with van der Waals surface area (Å²) in [7, 11) is 0. The summed E-state index contributed by atoms with van der Waals surface area (Å²) >= 11 is 0. The molecule has 0 aliphatic carbocycles. The number of hydrogen-bond acceptors (Lipinski definition) is 9. The molecule has 0 aliphatic heterocycles. The van der Waals surface area contributed by atoms with Crippen LogP contribution in [-0.4, -0.2) is 34.8 Å². The van der Waals surface area contributed by atoms with Crippen LogP contribution in [0.1, 0.15) is 40.2 Å². The number of aromatic nitrogens is 1. The molecule has 0 atom stereocenters. The Balaban J connectivity index is 1.37. The summed E-state index contributed by atoms with van der Waals surface area (Å²) in [4.78, 5) is 23.4. The van der Waals surface area contributed by atoms with Crippen molar-refractivity contribution in [2.45, 2.75) is 27.4 Å². The second-order valence-corrected chi connectivity index (χ2v) is 8.70. The number of hydrogen-bond donors (Lipinski definition) is 1. The van der Waals surface area contributed by atoms with Crippen LogP contribution in [0, 0.1) is 35.3 Å². The van der Waals surface area contributed by atoms with Gasteiger partial charge in [-0.05, 0) is 75.4 Å². The van der Waals surface area contributed by atoms with Crippen molar-refractivity contribution in [2.24, 2.45) is 5.10 Å². The summed E-state index contributed by atoms with van der Waals surface area (Å²) < 4.78 is 24.1. The van der Waals surface area contributed by atoms with Crippen molar-refractivity contribution in [2.75, 3.05) is 13.2 Å². The van der Waals surface area contributed by atoms with Gasteiger partial charge in [0, 0.05) is 28.7 Å². The monoisotopic (exact) mass is 557 g/mol. The number of nitrogens with zero attached hydrogens (tertiary/aromatic N) is 4. The van der Waals surface area contributed by atoms with Crippen molar-refractivity contribution in [3.8, 4) is 29.0 Å². The number of nitriles is 1. The molecule has 4 aromatic rings. The molecule has 0 bridgehead atoms. The number of carbonyl (C=O) groups is 1. The Labute approximate surface area is 235 Å². The van der Waals surface area contributed by atoms with E-state index < -0.39 is 16.5 Å². The van der Waals surface area contributed by atoms with Crippen LogP contribution in [0.2, 0.25) is 0 Å². The minimum atomic E-state index is -0.657. The van der Waals surface area contributed by atoms with Crippen LogP contribution in [0.4, 0.5) is 5.69 Å². The van der Waals surface area contributed by atoms with Crippen molar-refractivity contribution in [3.63, 3.8) is 0 Å². The maximum absolute atomic E-state index is 12.5. The fourth-order valence-corrected chi connectivity index (χ4v) is 4.05. The Morgan fingerprint density at radius 2 is 1.83 bits per heavy atom. The zero-order valence-electron chi connectivity index (χ0n) is 22.6. The van der Waals surface area contributed by atoms with Gasteiger partial charge in [-0.3, -0.25) is 14.9 Å². The first kappa shape index (κ1) is 28.4. The van der Waals surface area contributed by atoms with E-state index in [1.54, 1.807) is 19.1 Å². The van der Waals surface area contributed by atoms with E-state index in [1.165, 1.54) is 24.4 Å². The third-order valence-electron chi connectivity index (χ3n) is 5.85. The van der Waals surface area contributed by atoms with Crippen molar-refractivity contribution in [1.82, 2.24) is 9.99 Å². The summed E-state index contributed by atoms with van der Waals surface area (Å²) in [6.45, 7) is 5.72. The van der Waals surface area contributed by atoms with Crippen molar-refractivity contribution in [3.05, 3.63) is 99.2 Å². The summed E-state index contributed by atoms with van der Waals surface area (Å²) in [5.41, 5.74) is 5.49. The lowest BCUT2D eigenvalue weighted by Gasteiger charge is -2.11. The number of amides is 1. The molecule has 2 heterocycles. The molecular formula is C29H27N5O7. The first-order chi connectivity index (χ1) is 19.8. The highest BCUT2D eigenvalue weighted by atomic mass is 16.6. The lowest BCUT2D eigenvalue weighted by atomic mass is 10.2. The molecule has 0 aliphatic rings. The van der Waals surface area contributed by atoms with E-state index in [-0.39, 0.29) is 42.6 Å². The number of benzene rings is 2. The predicted octanol–water partition coefficient (Wildman–Crippen LogP) is 5.24. The van der Waals surface area contributed by atoms with Crippen LogP contribution in [0.25, 0.3) is 5.69 Å². The maximum atomic E-state index is 12.5. The average Bonchev–Trinajstić information content (AvgIpc) is 3.57. The Bertz CT molecular complexity index is 1590. The fraction of sp³-hybridized carbons (Fsp3) is 0.207. The van der Waals surface area contributed by atoms with Gasteiger partial charge in [0.2, 0.25) is 5.75 Å². The van der Waals surface area contributed by atoms with Gasteiger partial charge in [0.05, 0.1) is 17.7 Å². The quantitative estimate of drug-likeness (QED) is 0.141. The van der Waals surface area contributed by atoms with E-state index in [0.717, 1.165) is 17.1 Å². The molecule has 210 valence electrons. The second kappa shape index (κ2) is 13.0. The maximum Gasteiger partial charge on any atom is 0.315 e. The van der Waals surface area contributed by atoms with Crippen molar-refractivity contribution < 1.29 is 28.3 Å². The first-order valence-corrected chi connectivity index (χ1v) is 12.6. The van der Waals surface area contributed by atoms with E-state index in [1.807, 2.05) is 38.1 Å². The number of furan rings is 1. The molecular weight excluding hydrogens is 530 g/mol. The Hall–Kier alpha value is -5.57. The van der Waals surface area contributed by atoms with Crippen molar-refractivity contribution in [1.29, 1.82) is 5.26 Å². The lowest BCUT2D eigenvalue weighted by Crippen LogP contribution is -2.16. The zero-order valence-corrected chi connectivity index (χ0v) is 22.6. The van der Waals surface area contributed by atoms with Gasteiger partial charge < -0.3 is 23.2 Å². The summed E-state index contributed by atoms with van der Waals surface area (Å²) in [6, 6.07) is 19.3. The summed E-state index contributed by atoms with van der Waals surface area (Å²) in [5, 5.41) is 24.2. The molecule has 1 amide bonds. The summed E-state index contributed by atoms with van der Waals surface area (Å²) in [5.74, 6) is 0.383. The third kappa shape index (κ3) is 6.90. The lowest BCUT2D eigenvalue weighted by molar-refractivity contribution is -0.385. The molecule has 0 spiro atoms. The van der Waals surface area contributed by atoms with Gasteiger partial charge in [-0.15, -0.1) is 0 Å². The number of carbonyl (C=O) groups excluding carboxylic acids is 1. The Kier molecular flexibility index (Phi) is 9.01. The average molecular weight is 558 g/mol. The van der Waals surface area contributed by atoms with Gasteiger partial charge in [-0.1, -0.05) is 0 Å². The second-order valence-electron chi connectivity index (χ2n) is 8.70. The largest absolute Gasteiger partial charge is 0.490 e. The number of hydrazone groups is 1. The highest BCUT2D eigenvalue weighted by Gasteiger charge is 2.22. The van der Waals surface area contributed by atoms with Crippen LogP contribution < -0.4 is 19.6 Å². The van der Waals surface area contributed by atoms with Crippen molar-refractivity contribution >= 4 is 17.8 Å². The molecule has 0 saturated carbocycles. The highest BCUT2D eigenvalue weighted by molar-refractivity contribution is 5.92. The van der Waals surface area contributed by atoms with Gasteiger partial charge in [-0.2, -0.15) is 10.4 Å². The van der Waals surface area contributed by atoms with E-state index in [2.05, 4.69) is 27.2 Å². The molecule has 2 aromatic heterocycles. The molecule has 0 unspecified atom stereocenters. The van der Waals surface area contributed by atoms with Crippen LogP contribution >= 0.6 is 0 Å². The van der Waals surface area contributed by atoms with Crippen LogP contribution in [0.3, 0.4) is 0 Å². The minimum Gasteiger partial charge on any atom is -0.490 e. The van der Waals surface area contributed by atoms with Crippen LogP contribution in [-0.2, 0) is 6.61 Å². The zero-order chi connectivity index (χ0) is 29.4. The van der Waals surface area contributed by atoms with E-state index in [9.17, 15) is 14.9 Å². The molecule has 0 saturated heterocycles. The molecule has 2 aromatic carbocycles. The summed E-state index contributed by atoms with van der Waals surface area (Å²) in [6.07, 6.45) is 1.22.